The van der Waals surface area contributed by atoms with Crippen molar-refractivity contribution in [2.75, 3.05) is 13.7 Å². The highest BCUT2D eigenvalue weighted by Gasteiger charge is 2.16. The predicted octanol–water partition coefficient (Wildman–Crippen LogP) is 3.03. The summed E-state index contributed by atoms with van der Waals surface area (Å²) >= 11 is 0. The number of hydrogen-bond acceptors (Lipinski definition) is 3. The van der Waals surface area contributed by atoms with Crippen molar-refractivity contribution >= 4 is 5.97 Å². The number of carbonyl (C=O) groups is 1. The summed E-state index contributed by atoms with van der Waals surface area (Å²) < 4.78 is 12.3. The van der Waals surface area contributed by atoms with Crippen molar-refractivity contribution in [1.29, 1.82) is 0 Å². The Kier molecular flexibility index (Phi) is 4.45. The Morgan fingerprint density at radius 2 is 2.00 bits per heavy atom. The van der Waals surface area contributed by atoms with Crippen molar-refractivity contribution in [3.05, 3.63) is 53.3 Å². The van der Waals surface area contributed by atoms with Crippen molar-refractivity contribution in [2.45, 2.75) is 20.4 Å². The highest BCUT2D eigenvalue weighted by Crippen LogP contribution is 2.21. The molecule has 2 aromatic rings. The van der Waals surface area contributed by atoms with Crippen molar-refractivity contribution in [3.63, 3.8) is 0 Å². The van der Waals surface area contributed by atoms with Crippen LogP contribution < -0.4 is 4.74 Å². The van der Waals surface area contributed by atoms with Crippen LogP contribution in [0.15, 0.2) is 36.5 Å². The molecule has 0 atom stereocenters. The molecule has 1 heterocycles. The summed E-state index contributed by atoms with van der Waals surface area (Å²) in [7, 11) is 1.64. The minimum atomic E-state index is -0.287. The topological polar surface area (TPSA) is 40.5 Å². The molecule has 0 fully saturated rings. The molecule has 1 aromatic carbocycles. The highest BCUT2D eigenvalue weighted by atomic mass is 16.5. The van der Waals surface area contributed by atoms with E-state index in [9.17, 15) is 4.79 Å². The summed E-state index contributed by atoms with van der Waals surface area (Å²) in [6, 6.07) is 9.70. The van der Waals surface area contributed by atoms with Crippen LogP contribution in [0, 0.1) is 6.92 Å². The van der Waals surface area contributed by atoms with E-state index in [-0.39, 0.29) is 5.97 Å². The van der Waals surface area contributed by atoms with E-state index in [4.69, 9.17) is 9.47 Å². The van der Waals surface area contributed by atoms with E-state index in [0.717, 1.165) is 16.9 Å². The van der Waals surface area contributed by atoms with Gasteiger partial charge in [0.25, 0.3) is 0 Å². The lowest BCUT2D eigenvalue weighted by molar-refractivity contribution is 0.0513. The molecule has 0 aliphatic heterocycles. The smallest absolute Gasteiger partial charge is 0.355 e. The van der Waals surface area contributed by atoms with Gasteiger partial charge in [0, 0.05) is 11.8 Å². The van der Waals surface area contributed by atoms with Gasteiger partial charge < -0.3 is 14.0 Å². The average molecular weight is 273 g/mol. The van der Waals surface area contributed by atoms with Crippen LogP contribution in [0.3, 0.4) is 0 Å². The fourth-order valence-electron chi connectivity index (χ4n) is 2.21. The fraction of sp³-hybridized carbons (Fsp3) is 0.312. The van der Waals surface area contributed by atoms with Gasteiger partial charge >= 0.3 is 5.97 Å². The number of nitrogens with zero attached hydrogens (tertiary/aromatic N) is 1. The number of benzene rings is 1. The monoisotopic (exact) mass is 273 g/mol. The van der Waals surface area contributed by atoms with Crippen LogP contribution in [-0.4, -0.2) is 24.3 Å². The molecule has 0 aliphatic rings. The minimum absolute atomic E-state index is 0.287. The molecule has 106 valence electrons. The Labute approximate surface area is 118 Å². The zero-order valence-electron chi connectivity index (χ0n) is 12.1. The molecule has 0 bridgehead atoms. The lowest BCUT2D eigenvalue weighted by atomic mass is 10.2. The molecule has 1 aromatic heterocycles. The Bertz CT molecular complexity index is 602. The summed E-state index contributed by atoms with van der Waals surface area (Å²) in [4.78, 5) is 12.0. The van der Waals surface area contributed by atoms with Crippen molar-refractivity contribution in [2.24, 2.45) is 0 Å². The Morgan fingerprint density at radius 1 is 1.25 bits per heavy atom. The number of ether oxygens (including phenoxy) is 2. The second-order valence-corrected chi connectivity index (χ2v) is 4.51. The Balaban J connectivity index is 2.32. The molecule has 2 rings (SSSR count). The second-order valence-electron chi connectivity index (χ2n) is 4.51. The molecule has 0 saturated carbocycles. The summed E-state index contributed by atoms with van der Waals surface area (Å²) in [6.07, 6.45) is 1.90. The van der Waals surface area contributed by atoms with Gasteiger partial charge in [0.05, 0.1) is 20.3 Å². The van der Waals surface area contributed by atoms with Crippen LogP contribution in [0.4, 0.5) is 0 Å². The van der Waals surface area contributed by atoms with Gasteiger partial charge in [-0.15, -0.1) is 0 Å². The van der Waals surface area contributed by atoms with Gasteiger partial charge in [0.15, 0.2) is 0 Å². The molecule has 0 aliphatic carbocycles. The van der Waals surface area contributed by atoms with E-state index >= 15 is 0 Å². The van der Waals surface area contributed by atoms with E-state index in [1.165, 1.54) is 0 Å². The third-order valence-corrected chi connectivity index (χ3v) is 3.17. The largest absolute Gasteiger partial charge is 0.496 e. The Hall–Kier alpha value is -2.23. The first-order valence-electron chi connectivity index (χ1n) is 6.62. The number of carbonyl (C=O) groups excluding carboxylic acids is 1. The number of aryl methyl sites for hydroxylation is 1. The third kappa shape index (κ3) is 2.85. The zero-order valence-corrected chi connectivity index (χ0v) is 12.1. The van der Waals surface area contributed by atoms with Crippen molar-refractivity contribution < 1.29 is 14.3 Å². The van der Waals surface area contributed by atoms with Gasteiger partial charge in [0.2, 0.25) is 0 Å². The number of hydrogen-bond donors (Lipinski definition) is 0. The lowest BCUT2D eigenvalue weighted by Gasteiger charge is -2.12. The maximum atomic E-state index is 12.0. The number of rotatable bonds is 5. The minimum Gasteiger partial charge on any atom is -0.496 e. The summed E-state index contributed by atoms with van der Waals surface area (Å²) in [5.41, 5.74) is 2.53. The van der Waals surface area contributed by atoms with E-state index in [1.54, 1.807) is 14.0 Å². The maximum absolute atomic E-state index is 12.0. The van der Waals surface area contributed by atoms with Gasteiger partial charge in [-0.25, -0.2) is 4.79 Å². The quantitative estimate of drug-likeness (QED) is 0.786. The van der Waals surface area contributed by atoms with Crippen LogP contribution in [0.1, 0.15) is 28.5 Å². The standard InChI is InChI=1S/C16H19NO3/c1-4-20-16(18)15-12(2)9-10-17(15)11-13-7-5-6-8-14(13)19-3/h5-10H,4,11H2,1-3H3. The van der Waals surface area contributed by atoms with Crippen LogP contribution >= 0.6 is 0 Å². The molecule has 4 heteroatoms. The van der Waals surface area contributed by atoms with Gasteiger partial charge in [-0.05, 0) is 31.5 Å². The number of esters is 1. The van der Waals surface area contributed by atoms with Crippen molar-refractivity contribution in [3.8, 4) is 5.75 Å². The van der Waals surface area contributed by atoms with Gasteiger partial charge in [0.1, 0.15) is 11.4 Å². The van der Waals surface area contributed by atoms with Crippen LogP contribution in [-0.2, 0) is 11.3 Å². The molecule has 0 radical (unpaired) electrons. The first-order chi connectivity index (χ1) is 9.67. The van der Waals surface area contributed by atoms with E-state index < -0.39 is 0 Å². The lowest BCUT2D eigenvalue weighted by Crippen LogP contribution is -2.14. The molecular formula is C16H19NO3. The SMILES string of the molecule is CCOC(=O)c1c(C)ccn1Cc1ccccc1OC. The molecule has 0 saturated heterocycles. The Morgan fingerprint density at radius 3 is 2.70 bits per heavy atom. The molecule has 0 spiro atoms. The van der Waals surface area contributed by atoms with Gasteiger partial charge in [-0.1, -0.05) is 18.2 Å². The zero-order chi connectivity index (χ0) is 14.5. The summed E-state index contributed by atoms with van der Waals surface area (Å²) in [6.45, 7) is 4.66. The second kappa shape index (κ2) is 6.28. The average Bonchev–Trinajstić information content (AvgIpc) is 2.80. The van der Waals surface area contributed by atoms with Crippen molar-refractivity contribution in [1.82, 2.24) is 4.57 Å². The normalized spacial score (nSPS) is 10.3. The third-order valence-electron chi connectivity index (χ3n) is 3.17. The predicted molar refractivity (Wildman–Crippen MR) is 77.2 cm³/mol. The van der Waals surface area contributed by atoms with E-state index in [2.05, 4.69) is 0 Å². The first-order valence-corrected chi connectivity index (χ1v) is 6.62. The molecule has 4 nitrogen and oxygen atoms in total. The first kappa shape index (κ1) is 14.2. The molecule has 20 heavy (non-hydrogen) atoms. The van der Waals surface area contributed by atoms with Crippen LogP contribution in [0.25, 0.3) is 0 Å². The van der Waals surface area contributed by atoms with E-state index in [1.807, 2.05) is 48.0 Å². The molecule has 0 N–H and O–H groups in total. The summed E-state index contributed by atoms with van der Waals surface area (Å²) in [5.74, 6) is 0.526. The number of para-hydroxylation sites is 1. The van der Waals surface area contributed by atoms with E-state index in [0.29, 0.717) is 18.8 Å². The summed E-state index contributed by atoms with van der Waals surface area (Å²) in [5, 5.41) is 0. The number of methoxy groups -OCH3 is 1. The highest BCUT2D eigenvalue weighted by molar-refractivity contribution is 5.89. The molecule has 0 unspecified atom stereocenters. The van der Waals surface area contributed by atoms with Gasteiger partial charge in [-0.2, -0.15) is 0 Å². The molecular weight excluding hydrogens is 254 g/mol. The number of aromatic nitrogens is 1. The van der Waals surface area contributed by atoms with Crippen LogP contribution in [0.2, 0.25) is 0 Å². The molecule has 0 amide bonds. The maximum Gasteiger partial charge on any atom is 0.355 e. The van der Waals surface area contributed by atoms with Crippen LogP contribution in [0.5, 0.6) is 5.75 Å². The fourth-order valence-corrected chi connectivity index (χ4v) is 2.21. The van der Waals surface area contributed by atoms with Gasteiger partial charge in [-0.3, -0.25) is 0 Å².